The first-order chi connectivity index (χ1) is 8.68. The Balaban J connectivity index is 2.16. The van der Waals surface area contributed by atoms with E-state index >= 15 is 0 Å². The van der Waals surface area contributed by atoms with Gasteiger partial charge in [-0.25, -0.2) is 0 Å². The Morgan fingerprint density at radius 1 is 1.06 bits per heavy atom. The molecule has 0 saturated heterocycles. The molecule has 1 N–H and O–H groups in total. The lowest BCUT2D eigenvalue weighted by molar-refractivity contribution is 0.472. The summed E-state index contributed by atoms with van der Waals surface area (Å²) in [6, 6.07) is 10.7. The minimum Gasteiger partial charge on any atom is -0.304 e. The summed E-state index contributed by atoms with van der Waals surface area (Å²) in [6.45, 7) is 7.58. The molecule has 0 spiro atoms. The van der Waals surface area contributed by atoms with Crippen LogP contribution < -0.4 is 5.32 Å². The van der Waals surface area contributed by atoms with Gasteiger partial charge in [0.1, 0.15) is 0 Å². The van der Waals surface area contributed by atoms with E-state index in [9.17, 15) is 0 Å². The molecule has 1 rings (SSSR count). The molecule has 0 aromatic heterocycles. The molecule has 1 heteroatoms. The van der Waals surface area contributed by atoms with Crippen LogP contribution in [0, 0.1) is 17.8 Å². The normalized spacial score (nSPS) is 12.0. The average Bonchev–Trinajstić information content (AvgIpc) is 2.35. The first-order valence-corrected chi connectivity index (χ1v) is 6.96. The zero-order chi connectivity index (χ0) is 13.2. The summed E-state index contributed by atoms with van der Waals surface area (Å²) in [5.41, 5.74) is 1.09. The van der Waals surface area contributed by atoms with E-state index in [0.29, 0.717) is 6.04 Å². The van der Waals surface area contributed by atoms with Gasteiger partial charge in [-0.05, 0) is 31.4 Å². The highest BCUT2D eigenvalue weighted by Gasteiger charge is 2.00. The molecule has 1 aromatic carbocycles. The van der Waals surface area contributed by atoms with Gasteiger partial charge in [-0.1, -0.05) is 56.7 Å². The Kier molecular flexibility index (Phi) is 7.22. The second kappa shape index (κ2) is 8.78. The lowest BCUT2D eigenvalue weighted by atomic mass is 10.0. The molecule has 0 bridgehead atoms. The quantitative estimate of drug-likeness (QED) is 0.748. The van der Waals surface area contributed by atoms with Crippen LogP contribution in [0.5, 0.6) is 0 Å². The molecule has 98 valence electrons. The highest BCUT2D eigenvalue weighted by Crippen LogP contribution is 2.07. The molecule has 0 saturated carbocycles. The maximum absolute atomic E-state index is 3.45. The second-order valence-corrected chi connectivity index (χ2v) is 5.27. The van der Waals surface area contributed by atoms with Crippen molar-refractivity contribution in [2.24, 2.45) is 5.92 Å². The fourth-order valence-corrected chi connectivity index (χ4v) is 1.83. The minimum atomic E-state index is 0.564. The monoisotopic (exact) mass is 243 g/mol. The number of rotatable bonds is 6. The third-order valence-corrected chi connectivity index (χ3v) is 2.96. The van der Waals surface area contributed by atoms with Gasteiger partial charge < -0.3 is 5.32 Å². The number of nitrogens with one attached hydrogen (secondary N) is 1. The molecule has 0 fully saturated rings. The maximum Gasteiger partial charge on any atom is 0.0582 e. The van der Waals surface area contributed by atoms with Crippen molar-refractivity contribution in [3.8, 4) is 11.8 Å². The summed E-state index contributed by atoms with van der Waals surface area (Å²) in [5.74, 6) is 7.15. The largest absolute Gasteiger partial charge is 0.304 e. The van der Waals surface area contributed by atoms with Gasteiger partial charge in [0.25, 0.3) is 0 Å². The van der Waals surface area contributed by atoms with E-state index in [0.717, 1.165) is 18.0 Å². The van der Waals surface area contributed by atoms with Crippen LogP contribution in [0.1, 0.15) is 45.6 Å². The van der Waals surface area contributed by atoms with Crippen molar-refractivity contribution in [2.45, 2.75) is 46.1 Å². The molecule has 0 radical (unpaired) electrons. The van der Waals surface area contributed by atoms with Gasteiger partial charge in [0.2, 0.25) is 0 Å². The van der Waals surface area contributed by atoms with E-state index in [4.69, 9.17) is 0 Å². The standard InChI is InChI=1S/C17H25N/c1-15(2)9-7-10-16(3)18-14-8-13-17-11-5-4-6-12-17/h4-6,11-12,15-16,18H,7,9-10,14H2,1-3H3. The van der Waals surface area contributed by atoms with Gasteiger partial charge in [-0.2, -0.15) is 0 Å². The molecule has 1 aromatic rings. The summed E-state index contributed by atoms with van der Waals surface area (Å²) in [5, 5.41) is 3.45. The van der Waals surface area contributed by atoms with E-state index in [1.807, 2.05) is 30.3 Å². The smallest absolute Gasteiger partial charge is 0.0582 e. The summed E-state index contributed by atoms with van der Waals surface area (Å²) in [4.78, 5) is 0. The van der Waals surface area contributed by atoms with Crippen LogP contribution in [0.2, 0.25) is 0 Å². The highest BCUT2D eigenvalue weighted by atomic mass is 14.9. The Morgan fingerprint density at radius 2 is 1.78 bits per heavy atom. The molecule has 1 unspecified atom stereocenters. The average molecular weight is 243 g/mol. The van der Waals surface area contributed by atoms with E-state index < -0.39 is 0 Å². The summed E-state index contributed by atoms with van der Waals surface area (Å²) >= 11 is 0. The van der Waals surface area contributed by atoms with Gasteiger partial charge in [0.15, 0.2) is 0 Å². The Bertz CT molecular complexity index is 370. The Hall–Kier alpha value is -1.26. The predicted octanol–water partition coefficient (Wildman–Crippen LogP) is 3.84. The number of hydrogen-bond donors (Lipinski definition) is 1. The SMILES string of the molecule is CC(C)CCCC(C)NCC#Cc1ccccc1. The fraction of sp³-hybridized carbons (Fsp3) is 0.529. The van der Waals surface area contributed by atoms with Crippen LogP contribution in [0.15, 0.2) is 30.3 Å². The fourth-order valence-electron chi connectivity index (χ4n) is 1.83. The van der Waals surface area contributed by atoms with Crippen molar-refractivity contribution < 1.29 is 0 Å². The second-order valence-electron chi connectivity index (χ2n) is 5.27. The molecule has 0 aliphatic rings. The van der Waals surface area contributed by atoms with Crippen molar-refractivity contribution in [1.29, 1.82) is 0 Å². The molecule has 0 heterocycles. The zero-order valence-corrected chi connectivity index (χ0v) is 11.9. The lowest BCUT2D eigenvalue weighted by Crippen LogP contribution is -2.26. The van der Waals surface area contributed by atoms with Crippen LogP contribution in [-0.4, -0.2) is 12.6 Å². The third-order valence-electron chi connectivity index (χ3n) is 2.96. The van der Waals surface area contributed by atoms with Crippen LogP contribution in [0.3, 0.4) is 0 Å². The molecule has 0 aliphatic heterocycles. The Labute approximate surface area is 112 Å². The number of hydrogen-bond acceptors (Lipinski definition) is 1. The maximum atomic E-state index is 3.45. The van der Waals surface area contributed by atoms with Crippen LogP contribution in [-0.2, 0) is 0 Å². The predicted molar refractivity (Wildman–Crippen MR) is 79.5 cm³/mol. The van der Waals surface area contributed by atoms with E-state index in [1.165, 1.54) is 19.3 Å². The molecule has 18 heavy (non-hydrogen) atoms. The first kappa shape index (κ1) is 14.8. The third kappa shape index (κ3) is 7.14. The molecule has 1 nitrogen and oxygen atoms in total. The van der Waals surface area contributed by atoms with Crippen molar-refractivity contribution in [3.05, 3.63) is 35.9 Å². The van der Waals surface area contributed by atoms with E-state index in [1.54, 1.807) is 0 Å². The topological polar surface area (TPSA) is 12.0 Å². The van der Waals surface area contributed by atoms with Crippen LogP contribution in [0.25, 0.3) is 0 Å². The van der Waals surface area contributed by atoms with Gasteiger partial charge >= 0.3 is 0 Å². The summed E-state index contributed by atoms with van der Waals surface area (Å²) in [6.07, 6.45) is 3.87. The van der Waals surface area contributed by atoms with Crippen LogP contribution >= 0.6 is 0 Å². The van der Waals surface area contributed by atoms with Gasteiger partial charge in [0, 0.05) is 11.6 Å². The van der Waals surface area contributed by atoms with Gasteiger partial charge in [0.05, 0.1) is 6.54 Å². The zero-order valence-electron chi connectivity index (χ0n) is 11.9. The van der Waals surface area contributed by atoms with E-state index in [2.05, 4.69) is 37.9 Å². The molecule has 0 aliphatic carbocycles. The summed E-state index contributed by atoms with van der Waals surface area (Å²) < 4.78 is 0. The minimum absolute atomic E-state index is 0.564. The van der Waals surface area contributed by atoms with Gasteiger partial charge in [-0.3, -0.25) is 0 Å². The van der Waals surface area contributed by atoms with Crippen LogP contribution in [0.4, 0.5) is 0 Å². The van der Waals surface area contributed by atoms with Crippen molar-refractivity contribution in [2.75, 3.05) is 6.54 Å². The first-order valence-electron chi connectivity index (χ1n) is 6.96. The number of benzene rings is 1. The molecule has 0 amide bonds. The van der Waals surface area contributed by atoms with Gasteiger partial charge in [-0.15, -0.1) is 0 Å². The van der Waals surface area contributed by atoms with Crippen molar-refractivity contribution >= 4 is 0 Å². The molecule has 1 atom stereocenters. The Morgan fingerprint density at radius 3 is 2.44 bits per heavy atom. The molecular formula is C17H25N. The molecular weight excluding hydrogens is 218 g/mol. The van der Waals surface area contributed by atoms with Crippen molar-refractivity contribution in [3.63, 3.8) is 0 Å². The van der Waals surface area contributed by atoms with E-state index in [-0.39, 0.29) is 0 Å². The lowest BCUT2D eigenvalue weighted by Gasteiger charge is -2.12. The summed E-state index contributed by atoms with van der Waals surface area (Å²) in [7, 11) is 0. The highest BCUT2D eigenvalue weighted by molar-refractivity contribution is 5.33. The van der Waals surface area contributed by atoms with Crippen molar-refractivity contribution in [1.82, 2.24) is 5.32 Å².